The second-order valence-corrected chi connectivity index (χ2v) is 3.79. The summed E-state index contributed by atoms with van der Waals surface area (Å²) in [6, 6.07) is 4.43. The molecule has 0 aliphatic rings. The lowest BCUT2D eigenvalue weighted by Crippen LogP contribution is -1.94. The van der Waals surface area contributed by atoms with Gasteiger partial charge in [-0.2, -0.15) is 0 Å². The highest BCUT2D eigenvalue weighted by Gasteiger charge is 2.15. The van der Waals surface area contributed by atoms with Gasteiger partial charge in [0, 0.05) is 6.07 Å². The maximum Gasteiger partial charge on any atom is 0.293 e. The molecular formula is C8H6N2O3S. The van der Waals surface area contributed by atoms with Crippen LogP contribution in [0.2, 0.25) is 0 Å². The second kappa shape index (κ2) is 2.85. The Kier molecular flexibility index (Phi) is 1.78. The van der Waals surface area contributed by atoms with Gasteiger partial charge < -0.3 is 10.8 Å². The fourth-order valence-corrected chi connectivity index (χ4v) is 2.11. The van der Waals surface area contributed by atoms with Gasteiger partial charge >= 0.3 is 0 Å². The number of anilines is 1. The van der Waals surface area contributed by atoms with Crippen LogP contribution in [0.1, 0.15) is 0 Å². The zero-order valence-corrected chi connectivity index (χ0v) is 7.75. The summed E-state index contributed by atoms with van der Waals surface area (Å²) in [5.41, 5.74) is 5.57. The minimum absolute atomic E-state index is 0.104. The number of hydrogen-bond acceptors (Lipinski definition) is 5. The van der Waals surface area contributed by atoms with Gasteiger partial charge in [0.25, 0.3) is 5.69 Å². The molecule has 3 N–H and O–H groups in total. The number of fused-ring (bicyclic) bond motifs is 1. The van der Waals surface area contributed by atoms with Crippen molar-refractivity contribution in [1.29, 1.82) is 0 Å². The highest BCUT2D eigenvalue weighted by molar-refractivity contribution is 7.21. The van der Waals surface area contributed by atoms with Gasteiger partial charge in [0.15, 0.2) is 5.06 Å². The largest absolute Gasteiger partial charge is 0.499 e. The van der Waals surface area contributed by atoms with E-state index in [1.165, 1.54) is 12.1 Å². The zero-order chi connectivity index (χ0) is 10.3. The van der Waals surface area contributed by atoms with E-state index in [0.717, 1.165) is 16.7 Å². The lowest BCUT2D eigenvalue weighted by Gasteiger charge is -1.96. The van der Waals surface area contributed by atoms with E-state index in [-0.39, 0.29) is 16.4 Å². The molecule has 1 aromatic heterocycles. The first kappa shape index (κ1) is 8.76. The summed E-state index contributed by atoms with van der Waals surface area (Å²) in [4.78, 5) is 10.0. The number of benzene rings is 1. The van der Waals surface area contributed by atoms with E-state index >= 15 is 0 Å². The zero-order valence-electron chi connectivity index (χ0n) is 6.93. The van der Waals surface area contributed by atoms with Gasteiger partial charge in [0.2, 0.25) is 0 Å². The van der Waals surface area contributed by atoms with Crippen LogP contribution in [0, 0.1) is 10.1 Å². The summed E-state index contributed by atoms with van der Waals surface area (Å²) < 4.78 is 0.553. The Labute approximate surface area is 82.5 Å². The molecule has 0 saturated carbocycles. The lowest BCUT2D eigenvalue weighted by molar-refractivity contribution is -0.383. The summed E-state index contributed by atoms with van der Waals surface area (Å²) in [5, 5.41) is 20.6. The van der Waals surface area contributed by atoms with E-state index < -0.39 is 4.92 Å². The van der Waals surface area contributed by atoms with Crippen LogP contribution >= 0.6 is 11.3 Å². The van der Waals surface area contributed by atoms with E-state index in [1.54, 1.807) is 6.07 Å². The summed E-state index contributed by atoms with van der Waals surface area (Å²) in [5.74, 6) is 0. The molecule has 0 spiro atoms. The molecule has 14 heavy (non-hydrogen) atoms. The number of aromatic hydroxyl groups is 1. The second-order valence-electron chi connectivity index (χ2n) is 2.76. The Morgan fingerprint density at radius 1 is 1.50 bits per heavy atom. The topological polar surface area (TPSA) is 89.4 Å². The molecule has 0 atom stereocenters. The highest BCUT2D eigenvalue weighted by Crippen LogP contribution is 2.38. The fraction of sp³-hybridized carbons (Fsp3) is 0. The first-order valence-electron chi connectivity index (χ1n) is 3.75. The van der Waals surface area contributed by atoms with E-state index in [4.69, 9.17) is 5.73 Å². The maximum atomic E-state index is 10.5. The molecule has 0 amide bonds. The molecule has 1 heterocycles. The molecule has 0 aliphatic carbocycles. The normalized spacial score (nSPS) is 10.6. The number of nitro benzene ring substituents is 1. The third-order valence-electron chi connectivity index (χ3n) is 1.89. The van der Waals surface area contributed by atoms with Crippen molar-refractivity contribution >= 4 is 32.8 Å². The summed E-state index contributed by atoms with van der Waals surface area (Å²) in [6.07, 6.45) is 0. The number of thiophene rings is 1. The molecule has 0 unspecified atom stereocenters. The van der Waals surface area contributed by atoms with Gasteiger partial charge in [0.05, 0.1) is 9.62 Å². The SMILES string of the molecule is Nc1c([N+](=O)[O-])ccc2cc(O)sc12. The monoisotopic (exact) mass is 210 g/mol. The molecule has 72 valence electrons. The smallest absolute Gasteiger partial charge is 0.293 e. The van der Waals surface area contributed by atoms with Crippen molar-refractivity contribution in [2.45, 2.75) is 0 Å². The van der Waals surface area contributed by atoms with Gasteiger partial charge in [0.1, 0.15) is 5.69 Å². The van der Waals surface area contributed by atoms with Crippen LogP contribution in [0.25, 0.3) is 10.1 Å². The average molecular weight is 210 g/mol. The van der Waals surface area contributed by atoms with Gasteiger partial charge in [-0.1, -0.05) is 11.3 Å². The quantitative estimate of drug-likeness (QED) is 0.428. The van der Waals surface area contributed by atoms with Crippen molar-refractivity contribution in [3.05, 3.63) is 28.3 Å². The average Bonchev–Trinajstić information content (AvgIpc) is 2.46. The predicted molar refractivity (Wildman–Crippen MR) is 54.6 cm³/mol. The molecular weight excluding hydrogens is 204 g/mol. The van der Waals surface area contributed by atoms with Crippen LogP contribution in [0.15, 0.2) is 18.2 Å². The van der Waals surface area contributed by atoms with Crippen molar-refractivity contribution in [2.75, 3.05) is 5.73 Å². The number of nitro groups is 1. The van der Waals surface area contributed by atoms with Crippen molar-refractivity contribution < 1.29 is 10.0 Å². The predicted octanol–water partition coefficient (Wildman–Crippen LogP) is 2.10. The van der Waals surface area contributed by atoms with E-state index in [0.29, 0.717) is 4.70 Å². The van der Waals surface area contributed by atoms with Gasteiger partial charge in [-0.3, -0.25) is 10.1 Å². The summed E-state index contributed by atoms with van der Waals surface area (Å²) >= 11 is 1.04. The standard InChI is InChI=1S/C8H6N2O3S/c9-7-5(10(12)13)2-1-4-3-6(11)14-8(4)7/h1-3,11H,9H2. The summed E-state index contributed by atoms with van der Waals surface area (Å²) in [7, 11) is 0. The maximum absolute atomic E-state index is 10.5. The lowest BCUT2D eigenvalue weighted by atomic mass is 10.2. The van der Waals surface area contributed by atoms with Crippen LogP contribution in [0.5, 0.6) is 5.06 Å². The molecule has 5 nitrogen and oxygen atoms in total. The van der Waals surface area contributed by atoms with E-state index in [9.17, 15) is 15.2 Å². The number of hydrogen-bond donors (Lipinski definition) is 2. The van der Waals surface area contributed by atoms with Crippen LogP contribution in [-0.2, 0) is 0 Å². The molecule has 1 aromatic carbocycles. The van der Waals surface area contributed by atoms with Gasteiger partial charge in [-0.05, 0) is 17.5 Å². The number of nitrogen functional groups attached to an aromatic ring is 1. The van der Waals surface area contributed by atoms with Gasteiger partial charge in [-0.25, -0.2) is 0 Å². The van der Waals surface area contributed by atoms with Crippen molar-refractivity contribution in [3.8, 4) is 5.06 Å². The van der Waals surface area contributed by atoms with Crippen molar-refractivity contribution in [1.82, 2.24) is 0 Å². The van der Waals surface area contributed by atoms with E-state index in [2.05, 4.69) is 0 Å². The first-order chi connectivity index (χ1) is 6.59. The third kappa shape index (κ3) is 1.16. The molecule has 0 radical (unpaired) electrons. The Morgan fingerprint density at radius 2 is 2.21 bits per heavy atom. The molecule has 2 rings (SSSR count). The molecule has 6 heteroatoms. The minimum atomic E-state index is -0.536. The first-order valence-corrected chi connectivity index (χ1v) is 4.56. The highest BCUT2D eigenvalue weighted by atomic mass is 32.1. The Morgan fingerprint density at radius 3 is 2.86 bits per heavy atom. The number of rotatable bonds is 1. The van der Waals surface area contributed by atoms with Crippen LogP contribution in [-0.4, -0.2) is 10.0 Å². The molecule has 0 aliphatic heterocycles. The Balaban J connectivity index is 2.80. The van der Waals surface area contributed by atoms with Crippen LogP contribution in [0.4, 0.5) is 11.4 Å². The third-order valence-corrected chi connectivity index (χ3v) is 2.87. The van der Waals surface area contributed by atoms with E-state index in [1.807, 2.05) is 0 Å². The molecule has 0 saturated heterocycles. The van der Waals surface area contributed by atoms with Gasteiger partial charge in [-0.15, -0.1) is 0 Å². The van der Waals surface area contributed by atoms with Crippen molar-refractivity contribution in [2.24, 2.45) is 0 Å². The molecule has 2 aromatic rings. The Bertz CT molecular complexity index is 521. The number of nitrogens with zero attached hydrogens (tertiary/aromatic N) is 1. The summed E-state index contributed by atoms with van der Waals surface area (Å²) in [6.45, 7) is 0. The fourth-order valence-electron chi connectivity index (χ4n) is 1.26. The Hall–Kier alpha value is -1.82. The number of nitrogens with two attached hydrogens (primary N) is 1. The minimum Gasteiger partial charge on any atom is -0.499 e. The van der Waals surface area contributed by atoms with Crippen LogP contribution in [0.3, 0.4) is 0 Å². The molecule has 0 bridgehead atoms. The van der Waals surface area contributed by atoms with Crippen LogP contribution < -0.4 is 5.73 Å². The van der Waals surface area contributed by atoms with Crippen molar-refractivity contribution in [3.63, 3.8) is 0 Å². The molecule has 0 fully saturated rings.